The Morgan fingerprint density at radius 3 is 2.68 bits per heavy atom. The van der Waals surface area contributed by atoms with Crippen LogP contribution in [0.2, 0.25) is 0 Å². The number of aromatic amines is 1. The highest BCUT2D eigenvalue weighted by Crippen LogP contribution is 2.27. The highest BCUT2D eigenvalue weighted by Gasteiger charge is 2.31. The summed E-state index contributed by atoms with van der Waals surface area (Å²) < 4.78 is 4.93. The summed E-state index contributed by atoms with van der Waals surface area (Å²) in [5.41, 5.74) is 4.65. The molecule has 162 valence electrons. The lowest BCUT2D eigenvalue weighted by Crippen LogP contribution is -2.36. The predicted molar refractivity (Wildman–Crippen MR) is 125 cm³/mol. The van der Waals surface area contributed by atoms with Crippen molar-refractivity contribution in [2.75, 3.05) is 23.9 Å². The standard InChI is InChI=1S/C25H29N3O3/c1-16(2)17-6-11-22-18(13-17)14-19(24(29)27-22)15-26-20-7-9-21(10-8-20)28-12-4-5-23(28)25(30)31-3/h6-11,13-14,16,23,26H,4-5,12,15H2,1-3H3,(H,27,29)/t23-/m0/s1. The van der Waals surface area contributed by atoms with E-state index >= 15 is 0 Å². The zero-order valence-electron chi connectivity index (χ0n) is 18.3. The van der Waals surface area contributed by atoms with Crippen molar-refractivity contribution in [2.24, 2.45) is 0 Å². The minimum absolute atomic E-state index is 0.0769. The van der Waals surface area contributed by atoms with E-state index in [9.17, 15) is 9.59 Å². The molecule has 6 heteroatoms. The van der Waals surface area contributed by atoms with E-state index in [1.165, 1.54) is 12.7 Å². The third kappa shape index (κ3) is 4.43. The number of benzene rings is 2. The predicted octanol–water partition coefficient (Wildman–Crippen LogP) is 4.41. The average molecular weight is 420 g/mol. The molecule has 1 atom stereocenters. The van der Waals surface area contributed by atoms with Crippen molar-refractivity contribution in [2.45, 2.75) is 45.2 Å². The Kier molecular flexibility index (Phi) is 5.98. The molecule has 1 aromatic heterocycles. The van der Waals surface area contributed by atoms with Gasteiger partial charge in [-0.25, -0.2) is 4.79 Å². The molecule has 31 heavy (non-hydrogen) atoms. The zero-order valence-corrected chi connectivity index (χ0v) is 18.3. The monoisotopic (exact) mass is 419 g/mol. The fraction of sp³-hybridized carbons (Fsp3) is 0.360. The lowest BCUT2D eigenvalue weighted by Gasteiger charge is -2.25. The number of anilines is 2. The third-order valence-corrected chi connectivity index (χ3v) is 6.02. The number of rotatable bonds is 6. The second-order valence-corrected chi connectivity index (χ2v) is 8.40. The molecule has 1 aliphatic heterocycles. The van der Waals surface area contributed by atoms with Crippen molar-refractivity contribution >= 4 is 28.2 Å². The highest BCUT2D eigenvalue weighted by molar-refractivity contribution is 5.81. The number of fused-ring (bicyclic) bond motifs is 1. The Morgan fingerprint density at radius 1 is 1.19 bits per heavy atom. The van der Waals surface area contributed by atoms with E-state index in [1.54, 1.807) is 0 Å². The number of hydrogen-bond donors (Lipinski definition) is 2. The topological polar surface area (TPSA) is 74.4 Å². The van der Waals surface area contributed by atoms with Crippen LogP contribution in [0.3, 0.4) is 0 Å². The molecular weight excluding hydrogens is 390 g/mol. The van der Waals surface area contributed by atoms with Gasteiger partial charge in [0, 0.05) is 35.5 Å². The van der Waals surface area contributed by atoms with Crippen molar-refractivity contribution < 1.29 is 9.53 Å². The van der Waals surface area contributed by atoms with Crippen molar-refractivity contribution in [1.82, 2.24) is 4.98 Å². The highest BCUT2D eigenvalue weighted by atomic mass is 16.5. The second-order valence-electron chi connectivity index (χ2n) is 8.40. The first kappa shape index (κ1) is 21.0. The molecule has 2 heterocycles. The molecule has 0 radical (unpaired) electrons. The van der Waals surface area contributed by atoms with E-state index in [1.807, 2.05) is 36.4 Å². The van der Waals surface area contributed by atoms with Crippen LogP contribution in [0.1, 0.15) is 43.7 Å². The van der Waals surface area contributed by atoms with Crippen LogP contribution in [0.15, 0.2) is 53.3 Å². The molecule has 0 spiro atoms. The molecule has 2 aromatic carbocycles. The number of aromatic nitrogens is 1. The number of ether oxygens (including phenoxy) is 1. The molecule has 0 bridgehead atoms. The van der Waals surface area contributed by atoms with Gasteiger partial charge in [0.2, 0.25) is 0 Å². The number of nitrogens with one attached hydrogen (secondary N) is 2. The Balaban J connectivity index is 1.48. The zero-order chi connectivity index (χ0) is 22.0. The summed E-state index contributed by atoms with van der Waals surface area (Å²) in [5, 5.41) is 4.38. The molecule has 0 unspecified atom stereocenters. The quantitative estimate of drug-likeness (QED) is 0.579. The lowest BCUT2D eigenvalue weighted by atomic mass is 10.0. The van der Waals surface area contributed by atoms with Gasteiger partial charge >= 0.3 is 5.97 Å². The van der Waals surface area contributed by atoms with Gasteiger partial charge in [-0.3, -0.25) is 4.79 Å². The van der Waals surface area contributed by atoms with E-state index in [2.05, 4.69) is 41.2 Å². The number of pyridine rings is 1. The summed E-state index contributed by atoms with van der Waals surface area (Å²) in [6, 6.07) is 15.9. The van der Waals surface area contributed by atoms with Gasteiger partial charge in [-0.2, -0.15) is 0 Å². The van der Waals surface area contributed by atoms with E-state index in [4.69, 9.17) is 4.74 Å². The molecule has 3 aromatic rings. The largest absolute Gasteiger partial charge is 0.467 e. The number of carbonyl (C=O) groups excluding carboxylic acids is 1. The SMILES string of the molecule is COC(=O)[C@@H]1CCCN1c1ccc(NCc2cc3cc(C(C)C)ccc3[nH]c2=O)cc1. The van der Waals surface area contributed by atoms with Crippen LogP contribution in [-0.2, 0) is 16.1 Å². The molecule has 6 nitrogen and oxygen atoms in total. The van der Waals surface area contributed by atoms with E-state index in [-0.39, 0.29) is 17.6 Å². The van der Waals surface area contributed by atoms with Gasteiger partial charge in [0.25, 0.3) is 5.56 Å². The first-order chi connectivity index (χ1) is 15.0. The molecule has 0 amide bonds. The summed E-state index contributed by atoms with van der Waals surface area (Å²) in [7, 11) is 1.43. The van der Waals surface area contributed by atoms with Crippen LogP contribution >= 0.6 is 0 Å². The van der Waals surface area contributed by atoms with Gasteiger partial charge < -0.3 is 19.9 Å². The maximum Gasteiger partial charge on any atom is 0.328 e. The van der Waals surface area contributed by atoms with E-state index in [0.717, 1.165) is 41.7 Å². The molecule has 1 aliphatic rings. The molecule has 0 aliphatic carbocycles. The summed E-state index contributed by atoms with van der Waals surface area (Å²) >= 11 is 0. The van der Waals surface area contributed by atoms with Gasteiger partial charge in [-0.05, 0) is 72.2 Å². The molecule has 1 saturated heterocycles. The molecule has 2 N–H and O–H groups in total. The summed E-state index contributed by atoms with van der Waals surface area (Å²) in [4.78, 5) is 29.6. The van der Waals surface area contributed by atoms with Crippen LogP contribution in [0.5, 0.6) is 0 Å². The number of nitrogens with zero attached hydrogens (tertiary/aromatic N) is 1. The normalized spacial score (nSPS) is 16.1. The summed E-state index contributed by atoms with van der Waals surface area (Å²) in [6.45, 7) is 5.60. The fourth-order valence-corrected chi connectivity index (χ4v) is 4.19. The van der Waals surface area contributed by atoms with Gasteiger partial charge in [0.15, 0.2) is 0 Å². The van der Waals surface area contributed by atoms with E-state index in [0.29, 0.717) is 18.0 Å². The van der Waals surface area contributed by atoms with Crippen molar-refractivity contribution in [3.63, 3.8) is 0 Å². The van der Waals surface area contributed by atoms with Gasteiger partial charge in [0.1, 0.15) is 6.04 Å². The third-order valence-electron chi connectivity index (χ3n) is 6.02. The average Bonchev–Trinajstić information content (AvgIpc) is 3.27. The Hall–Kier alpha value is -3.28. The summed E-state index contributed by atoms with van der Waals surface area (Å²) in [5.74, 6) is 0.252. The van der Waals surface area contributed by atoms with Crippen LogP contribution in [-0.4, -0.2) is 30.6 Å². The number of hydrogen-bond acceptors (Lipinski definition) is 5. The maximum atomic E-state index is 12.5. The Bertz CT molecular complexity index is 1130. The smallest absolute Gasteiger partial charge is 0.328 e. The number of esters is 1. The maximum absolute atomic E-state index is 12.5. The van der Waals surface area contributed by atoms with E-state index < -0.39 is 0 Å². The van der Waals surface area contributed by atoms with Crippen molar-refractivity contribution in [3.05, 3.63) is 70.0 Å². The molecular formula is C25H29N3O3. The van der Waals surface area contributed by atoms with Crippen LogP contribution in [0.4, 0.5) is 11.4 Å². The first-order valence-electron chi connectivity index (χ1n) is 10.8. The van der Waals surface area contributed by atoms with Crippen molar-refractivity contribution in [3.8, 4) is 0 Å². The number of methoxy groups -OCH3 is 1. The molecule has 1 fully saturated rings. The van der Waals surface area contributed by atoms with Gasteiger partial charge in [-0.1, -0.05) is 19.9 Å². The summed E-state index contributed by atoms with van der Waals surface area (Å²) in [6.07, 6.45) is 1.79. The van der Waals surface area contributed by atoms with Gasteiger partial charge in [-0.15, -0.1) is 0 Å². The lowest BCUT2D eigenvalue weighted by molar-refractivity contribution is -0.141. The fourth-order valence-electron chi connectivity index (χ4n) is 4.19. The minimum atomic E-state index is -0.212. The van der Waals surface area contributed by atoms with Gasteiger partial charge in [0.05, 0.1) is 7.11 Å². The minimum Gasteiger partial charge on any atom is -0.467 e. The molecule has 0 saturated carbocycles. The van der Waals surface area contributed by atoms with Crippen LogP contribution in [0, 0.1) is 0 Å². The molecule has 4 rings (SSSR count). The second kappa shape index (κ2) is 8.84. The van der Waals surface area contributed by atoms with Crippen molar-refractivity contribution in [1.29, 1.82) is 0 Å². The Morgan fingerprint density at radius 2 is 1.97 bits per heavy atom. The van der Waals surface area contributed by atoms with Crippen LogP contribution in [0.25, 0.3) is 10.9 Å². The van der Waals surface area contributed by atoms with Crippen LogP contribution < -0.4 is 15.8 Å². The Labute approximate surface area is 182 Å². The number of carbonyl (C=O) groups is 1. The number of H-pyrrole nitrogens is 1. The first-order valence-corrected chi connectivity index (χ1v) is 10.8.